The van der Waals surface area contributed by atoms with Crippen LogP contribution >= 0.6 is 0 Å². The van der Waals surface area contributed by atoms with Crippen LogP contribution in [0, 0.1) is 5.92 Å². The van der Waals surface area contributed by atoms with Crippen molar-refractivity contribution in [1.29, 1.82) is 0 Å². The van der Waals surface area contributed by atoms with Crippen molar-refractivity contribution >= 4 is 5.97 Å². The van der Waals surface area contributed by atoms with Gasteiger partial charge in [-0.05, 0) is 31.6 Å². The van der Waals surface area contributed by atoms with Gasteiger partial charge in [-0.2, -0.15) is 0 Å². The third-order valence-corrected chi connectivity index (χ3v) is 2.78. The molecule has 1 unspecified atom stereocenters. The predicted molar refractivity (Wildman–Crippen MR) is 49.4 cm³/mol. The van der Waals surface area contributed by atoms with Crippen LogP contribution in [0.15, 0.2) is 12.2 Å². The van der Waals surface area contributed by atoms with E-state index in [9.17, 15) is 4.79 Å². The molecule has 3 heteroatoms. The Morgan fingerprint density at radius 3 is 2.46 bits per heavy atom. The lowest BCUT2D eigenvalue weighted by atomic mass is 10.1. The maximum absolute atomic E-state index is 10.9. The highest BCUT2D eigenvalue weighted by atomic mass is 16.4. The zero-order chi connectivity index (χ0) is 9.26. The largest absolute Gasteiger partial charge is 0.480 e. The zero-order valence-electron chi connectivity index (χ0n) is 7.57. The minimum Gasteiger partial charge on any atom is -0.480 e. The van der Waals surface area contributed by atoms with Crippen molar-refractivity contribution in [1.82, 2.24) is 5.32 Å². The van der Waals surface area contributed by atoms with Crippen molar-refractivity contribution in [3.63, 3.8) is 0 Å². The molecule has 72 valence electrons. The van der Waals surface area contributed by atoms with Gasteiger partial charge < -0.3 is 10.4 Å². The van der Waals surface area contributed by atoms with Crippen LogP contribution in [0.3, 0.4) is 0 Å². The second-order valence-electron chi connectivity index (χ2n) is 3.96. The lowest BCUT2D eigenvalue weighted by Crippen LogP contribution is -2.43. The number of carboxylic acids is 1. The lowest BCUT2D eigenvalue weighted by Gasteiger charge is -2.18. The summed E-state index contributed by atoms with van der Waals surface area (Å²) in [5.41, 5.74) is 0. The van der Waals surface area contributed by atoms with Gasteiger partial charge in [-0.25, -0.2) is 0 Å². The Kier molecular flexibility index (Phi) is 2.36. The molecule has 2 aliphatic carbocycles. The van der Waals surface area contributed by atoms with Gasteiger partial charge >= 0.3 is 5.97 Å². The summed E-state index contributed by atoms with van der Waals surface area (Å²) in [6.07, 6.45) is 8.34. The molecule has 0 bridgehead atoms. The van der Waals surface area contributed by atoms with Crippen LogP contribution in [0.2, 0.25) is 0 Å². The first-order valence-electron chi connectivity index (χ1n) is 4.91. The fraction of sp³-hybridized carbons (Fsp3) is 0.700. The van der Waals surface area contributed by atoms with Gasteiger partial charge in [-0.1, -0.05) is 12.2 Å². The minimum atomic E-state index is -0.686. The molecule has 0 heterocycles. The maximum Gasteiger partial charge on any atom is 0.320 e. The highest BCUT2D eigenvalue weighted by Gasteiger charge is 2.37. The first kappa shape index (κ1) is 8.75. The number of carbonyl (C=O) groups is 1. The Balaban J connectivity index is 1.85. The Bertz CT molecular complexity index is 225. The summed E-state index contributed by atoms with van der Waals surface area (Å²) < 4.78 is 0. The average Bonchev–Trinajstić information content (AvgIpc) is 2.79. The first-order chi connectivity index (χ1) is 6.27. The molecule has 1 fully saturated rings. The van der Waals surface area contributed by atoms with Crippen LogP contribution < -0.4 is 5.32 Å². The Hall–Kier alpha value is -0.830. The summed E-state index contributed by atoms with van der Waals surface area (Å²) in [5, 5.41) is 12.2. The number of nitrogens with one attached hydrogen (secondary N) is 1. The number of hydrogen-bond donors (Lipinski definition) is 2. The lowest BCUT2D eigenvalue weighted by molar-refractivity contribution is -0.140. The molecule has 13 heavy (non-hydrogen) atoms. The second kappa shape index (κ2) is 3.50. The second-order valence-corrected chi connectivity index (χ2v) is 3.96. The van der Waals surface area contributed by atoms with E-state index in [4.69, 9.17) is 5.11 Å². The van der Waals surface area contributed by atoms with Crippen LogP contribution in [0.4, 0.5) is 0 Å². The van der Waals surface area contributed by atoms with Crippen LogP contribution in [0.25, 0.3) is 0 Å². The fourth-order valence-corrected chi connectivity index (χ4v) is 1.85. The van der Waals surface area contributed by atoms with Gasteiger partial charge in [0.15, 0.2) is 0 Å². The summed E-state index contributed by atoms with van der Waals surface area (Å²) in [6.45, 7) is 0. The summed E-state index contributed by atoms with van der Waals surface area (Å²) in [6, 6.07) is 0.0617. The van der Waals surface area contributed by atoms with Crippen LogP contribution in [0.1, 0.15) is 25.7 Å². The standard InChI is InChI=1S/C10H15NO2/c12-10(13)9(7-5-6-7)11-8-3-1-2-4-8/h1-2,7-9,11H,3-6H2,(H,12,13). The fourth-order valence-electron chi connectivity index (χ4n) is 1.85. The van der Waals surface area contributed by atoms with Gasteiger partial charge in [0.1, 0.15) is 6.04 Å². The molecule has 1 atom stereocenters. The summed E-state index contributed by atoms with van der Waals surface area (Å²) in [4.78, 5) is 10.9. The summed E-state index contributed by atoms with van der Waals surface area (Å²) in [7, 11) is 0. The molecule has 2 N–H and O–H groups in total. The van der Waals surface area contributed by atoms with Crippen LogP contribution in [-0.2, 0) is 4.79 Å². The van der Waals surface area contributed by atoms with Crippen molar-refractivity contribution in [2.75, 3.05) is 0 Å². The molecule has 0 saturated heterocycles. The smallest absolute Gasteiger partial charge is 0.320 e. The van der Waals surface area contributed by atoms with E-state index in [2.05, 4.69) is 17.5 Å². The normalized spacial score (nSPS) is 24.9. The molecule has 0 amide bonds. The van der Waals surface area contributed by atoms with E-state index < -0.39 is 5.97 Å². The van der Waals surface area contributed by atoms with E-state index in [0.29, 0.717) is 12.0 Å². The molecular formula is C10H15NO2. The molecule has 2 aliphatic rings. The number of carboxylic acid groups (broad SMARTS) is 1. The van der Waals surface area contributed by atoms with Gasteiger partial charge in [0.05, 0.1) is 0 Å². The van der Waals surface area contributed by atoms with E-state index >= 15 is 0 Å². The van der Waals surface area contributed by atoms with Crippen LogP contribution in [0.5, 0.6) is 0 Å². The van der Waals surface area contributed by atoms with E-state index in [-0.39, 0.29) is 6.04 Å². The van der Waals surface area contributed by atoms with Crippen LogP contribution in [-0.4, -0.2) is 23.2 Å². The molecule has 3 nitrogen and oxygen atoms in total. The molecular weight excluding hydrogens is 166 g/mol. The van der Waals surface area contributed by atoms with Crippen molar-refractivity contribution < 1.29 is 9.90 Å². The Labute approximate surface area is 77.8 Å². The highest BCUT2D eigenvalue weighted by Crippen LogP contribution is 2.33. The van der Waals surface area contributed by atoms with Crippen molar-refractivity contribution in [3.8, 4) is 0 Å². The van der Waals surface area contributed by atoms with Gasteiger partial charge in [0.2, 0.25) is 0 Å². The van der Waals surface area contributed by atoms with Crippen molar-refractivity contribution in [2.45, 2.75) is 37.8 Å². The van der Waals surface area contributed by atoms with Gasteiger partial charge in [-0.15, -0.1) is 0 Å². The molecule has 2 rings (SSSR count). The molecule has 0 aromatic carbocycles. The molecule has 0 radical (unpaired) electrons. The predicted octanol–water partition coefficient (Wildman–Crippen LogP) is 1.16. The topological polar surface area (TPSA) is 49.3 Å². The molecule has 0 aromatic rings. The van der Waals surface area contributed by atoms with E-state index in [1.807, 2.05) is 0 Å². The third-order valence-electron chi connectivity index (χ3n) is 2.78. The van der Waals surface area contributed by atoms with E-state index in [0.717, 1.165) is 25.7 Å². The number of aliphatic carboxylic acids is 1. The molecule has 0 aromatic heterocycles. The van der Waals surface area contributed by atoms with Gasteiger partial charge in [-0.3, -0.25) is 4.79 Å². The number of hydrogen-bond acceptors (Lipinski definition) is 2. The van der Waals surface area contributed by atoms with Crippen molar-refractivity contribution in [2.24, 2.45) is 5.92 Å². The first-order valence-corrected chi connectivity index (χ1v) is 4.91. The average molecular weight is 181 g/mol. The van der Waals surface area contributed by atoms with E-state index in [1.165, 1.54) is 0 Å². The quantitative estimate of drug-likeness (QED) is 0.640. The number of rotatable bonds is 4. The minimum absolute atomic E-state index is 0.301. The maximum atomic E-state index is 10.9. The van der Waals surface area contributed by atoms with Crippen molar-refractivity contribution in [3.05, 3.63) is 12.2 Å². The van der Waals surface area contributed by atoms with Gasteiger partial charge in [0.25, 0.3) is 0 Å². The zero-order valence-corrected chi connectivity index (χ0v) is 7.57. The molecule has 0 spiro atoms. The summed E-state index contributed by atoms with van der Waals surface area (Å²) >= 11 is 0. The highest BCUT2D eigenvalue weighted by molar-refractivity contribution is 5.74. The molecule has 0 aliphatic heterocycles. The van der Waals surface area contributed by atoms with E-state index in [1.54, 1.807) is 0 Å². The molecule has 1 saturated carbocycles. The Morgan fingerprint density at radius 1 is 1.38 bits per heavy atom. The Morgan fingerprint density at radius 2 is 2.00 bits per heavy atom. The summed E-state index contributed by atoms with van der Waals surface area (Å²) in [5.74, 6) is -0.299. The SMILES string of the molecule is O=C(O)C(NC1CC=CC1)C1CC1. The monoisotopic (exact) mass is 181 g/mol. The van der Waals surface area contributed by atoms with Gasteiger partial charge in [0, 0.05) is 6.04 Å². The third kappa shape index (κ3) is 2.10.